The molecule has 0 radical (unpaired) electrons. The molecular weight excluding hydrogens is 450 g/mol. The van der Waals surface area contributed by atoms with Gasteiger partial charge in [-0.25, -0.2) is 23.0 Å². The maximum absolute atomic E-state index is 12.2. The van der Waals surface area contributed by atoms with E-state index in [4.69, 9.17) is 9.88 Å². The fourth-order valence-electron chi connectivity index (χ4n) is 2.98. The van der Waals surface area contributed by atoms with Gasteiger partial charge in [0.2, 0.25) is 10.0 Å². The number of aliphatic hydroxyl groups is 3. The number of nitrogens with one attached hydrogen (secondary N) is 1. The number of primary sulfonamides is 1. The molecule has 0 bridgehead atoms. The maximum Gasteiger partial charge on any atom is 0.337 e. The summed E-state index contributed by atoms with van der Waals surface area (Å²) in [5.74, 6) is -1.48. The molecule has 1 aromatic heterocycles. The highest BCUT2D eigenvalue weighted by atomic mass is 32.2. The lowest BCUT2D eigenvalue weighted by atomic mass is 9.98. The zero-order valence-electron chi connectivity index (χ0n) is 16.6. The number of sulfonamides is 1. The van der Waals surface area contributed by atoms with E-state index < -0.39 is 52.5 Å². The number of aromatic nitrogens is 3. The van der Waals surface area contributed by atoms with Gasteiger partial charge in [0.15, 0.2) is 12.3 Å². The molecule has 1 aromatic carbocycles. The molecule has 0 unspecified atom stereocenters. The van der Waals surface area contributed by atoms with Gasteiger partial charge in [-0.1, -0.05) is 5.21 Å². The molecule has 2 heterocycles. The Morgan fingerprint density at radius 3 is 2.44 bits per heavy atom. The second kappa shape index (κ2) is 9.27. The highest BCUT2D eigenvalue weighted by Crippen LogP contribution is 2.28. The van der Waals surface area contributed by atoms with Crippen LogP contribution in [-0.2, 0) is 30.8 Å². The van der Waals surface area contributed by atoms with Crippen LogP contribution in [0.2, 0.25) is 0 Å². The number of carbonyl (C=O) groups is 2. The number of amides is 1. The van der Waals surface area contributed by atoms with Gasteiger partial charge in [-0.3, -0.25) is 4.79 Å². The summed E-state index contributed by atoms with van der Waals surface area (Å²) in [5, 5.41) is 45.3. The van der Waals surface area contributed by atoms with Gasteiger partial charge in [0, 0.05) is 5.56 Å². The second-order valence-corrected chi connectivity index (χ2v) is 8.45. The average molecular weight is 471 g/mol. The average Bonchev–Trinajstić information content (AvgIpc) is 3.23. The zero-order chi connectivity index (χ0) is 23.6. The summed E-state index contributed by atoms with van der Waals surface area (Å²) in [6.45, 7) is -0.0931. The Labute approximate surface area is 181 Å². The fraction of sp³-hybridized carbons (Fsp3) is 0.412. The molecule has 0 spiro atoms. The summed E-state index contributed by atoms with van der Waals surface area (Å²) in [6.07, 6.45) is -6.68. The molecule has 2 aromatic rings. The normalized spacial score (nSPS) is 25.8. The Balaban J connectivity index is 1.66. The van der Waals surface area contributed by atoms with Crippen LogP contribution in [0.4, 0.5) is 0 Å². The first kappa shape index (κ1) is 23.7. The number of hydrogen-bond donors (Lipinski definition) is 5. The van der Waals surface area contributed by atoms with Gasteiger partial charge in [0.1, 0.15) is 24.0 Å². The van der Waals surface area contributed by atoms with Crippen molar-refractivity contribution < 1.29 is 42.8 Å². The monoisotopic (exact) mass is 471 g/mol. The van der Waals surface area contributed by atoms with Crippen LogP contribution in [0.1, 0.15) is 22.3 Å². The van der Waals surface area contributed by atoms with Crippen molar-refractivity contribution in [2.45, 2.75) is 42.1 Å². The number of esters is 1. The molecule has 1 aliphatic rings. The SMILES string of the molecule is COC(=O)[C@H]1O[C@@H](n2cc(CNC(=O)c3ccc(S(N)(=O)=O)cc3)nn2)[C@H](O)[C@@H](O)[C@@H]1O. The summed E-state index contributed by atoms with van der Waals surface area (Å²) in [6, 6.07) is 4.97. The number of benzene rings is 1. The van der Waals surface area contributed by atoms with E-state index in [9.17, 15) is 33.3 Å². The number of methoxy groups -OCH3 is 1. The van der Waals surface area contributed by atoms with E-state index in [1.807, 2.05) is 0 Å². The predicted molar refractivity (Wildman–Crippen MR) is 103 cm³/mol. The molecule has 1 fully saturated rings. The highest BCUT2D eigenvalue weighted by molar-refractivity contribution is 7.89. The van der Waals surface area contributed by atoms with E-state index in [0.29, 0.717) is 0 Å². The van der Waals surface area contributed by atoms with Crippen LogP contribution >= 0.6 is 0 Å². The Hall–Kier alpha value is -2.95. The third-order valence-corrected chi connectivity index (χ3v) is 5.64. The first-order valence-electron chi connectivity index (χ1n) is 9.12. The zero-order valence-corrected chi connectivity index (χ0v) is 17.4. The van der Waals surface area contributed by atoms with Crippen LogP contribution in [0.3, 0.4) is 0 Å². The van der Waals surface area contributed by atoms with Crippen LogP contribution in [0.5, 0.6) is 0 Å². The minimum atomic E-state index is -3.88. The van der Waals surface area contributed by atoms with Gasteiger partial charge in [0.25, 0.3) is 5.91 Å². The number of hydrogen-bond acceptors (Lipinski definition) is 11. The third-order valence-electron chi connectivity index (χ3n) is 4.72. The quantitative estimate of drug-likeness (QED) is 0.268. The minimum Gasteiger partial charge on any atom is -0.467 e. The fourth-order valence-corrected chi connectivity index (χ4v) is 3.49. The van der Waals surface area contributed by atoms with Crippen molar-refractivity contribution in [3.63, 3.8) is 0 Å². The molecule has 15 heteroatoms. The summed E-state index contributed by atoms with van der Waals surface area (Å²) in [4.78, 5) is 23.9. The topological polar surface area (TPSA) is 216 Å². The molecule has 6 N–H and O–H groups in total. The molecular formula is C17H21N5O9S. The van der Waals surface area contributed by atoms with Crippen molar-refractivity contribution in [2.75, 3.05) is 7.11 Å². The van der Waals surface area contributed by atoms with Crippen molar-refractivity contribution in [1.82, 2.24) is 20.3 Å². The minimum absolute atomic E-state index is 0.0931. The first-order valence-corrected chi connectivity index (χ1v) is 10.7. The molecule has 1 aliphatic heterocycles. The van der Waals surface area contributed by atoms with E-state index in [1.54, 1.807) is 0 Å². The number of carbonyl (C=O) groups excluding carboxylic acids is 2. The number of rotatable bonds is 6. The second-order valence-electron chi connectivity index (χ2n) is 6.88. The molecule has 1 saturated heterocycles. The van der Waals surface area contributed by atoms with Crippen molar-refractivity contribution in [3.8, 4) is 0 Å². The van der Waals surface area contributed by atoms with Gasteiger partial charge in [-0.05, 0) is 24.3 Å². The van der Waals surface area contributed by atoms with E-state index in [-0.39, 0.29) is 22.7 Å². The Bertz CT molecular complexity index is 1090. The predicted octanol–water partition coefficient (Wildman–Crippen LogP) is -2.99. The van der Waals surface area contributed by atoms with Crippen LogP contribution in [0, 0.1) is 0 Å². The molecule has 174 valence electrons. The lowest BCUT2D eigenvalue weighted by molar-refractivity contribution is -0.250. The van der Waals surface area contributed by atoms with Crippen molar-refractivity contribution in [3.05, 3.63) is 41.7 Å². The molecule has 3 rings (SSSR count). The maximum atomic E-state index is 12.2. The van der Waals surface area contributed by atoms with Crippen molar-refractivity contribution in [2.24, 2.45) is 5.14 Å². The molecule has 5 atom stereocenters. The number of nitrogens with zero attached hydrogens (tertiary/aromatic N) is 3. The summed E-state index contributed by atoms with van der Waals surface area (Å²) >= 11 is 0. The van der Waals surface area contributed by atoms with Crippen LogP contribution in [0.25, 0.3) is 0 Å². The summed E-state index contributed by atoms with van der Waals surface area (Å²) in [5.41, 5.74) is 0.416. The lowest BCUT2D eigenvalue weighted by Gasteiger charge is -2.38. The van der Waals surface area contributed by atoms with E-state index in [1.165, 1.54) is 30.5 Å². The molecule has 0 aliphatic carbocycles. The standard InChI is InChI=1S/C17H21N5O9S/c1-30-17(27)14-12(24)11(23)13(25)16(31-14)22-7-9(20-21-22)6-19-15(26)8-2-4-10(5-3-8)32(18,28)29/h2-5,7,11-14,16,23-25H,6H2,1H3,(H,19,26)(H2,18,28,29)/t11-,12-,13+,14-,16+/m0/s1. The van der Waals surface area contributed by atoms with Gasteiger partial charge >= 0.3 is 5.97 Å². The number of nitrogens with two attached hydrogens (primary N) is 1. The van der Waals surface area contributed by atoms with Crippen LogP contribution in [0.15, 0.2) is 35.4 Å². The molecule has 14 nitrogen and oxygen atoms in total. The first-order chi connectivity index (χ1) is 15.0. The van der Waals surface area contributed by atoms with E-state index >= 15 is 0 Å². The Morgan fingerprint density at radius 1 is 1.19 bits per heavy atom. The van der Waals surface area contributed by atoms with Gasteiger partial charge in [-0.2, -0.15) is 0 Å². The number of ether oxygens (including phenoxy) is 2. The molecule has 1 amide bonds. The molecule has 32 heavy (non-hydrogen) atoms. The van der Waals surface area contributed by atoms with E-state index in [0.717, 1.165) is 11.8 Å². The number of aliphatic hydroxyl groups excluding tert-OH is 3. The Kier molecular flexibility index (Phi) is 6.87. The highest BCUT2D eigenvalue weighted by Gasteiger charge is 2.48. The van der Waals surface area contributed by atoms with Crippen molar-refractivity contribution >= 4 is 21.9 Å². The van der Waals surface area contributed by atoms with Gasteiger partial charge < -0.3 is 30.1 Å². The third kappa shape index (κ3) is 4.93. The van der Waals surface area contributed by atoms with E-state index in [2.05, 4.69) is 20.4 Å². The summed E-state index contributed by atoms with van der Waals surface area (Å²) in [7, 11) is -2.81. The smallest absolute Gasteiger partial charge is 0.337 e. The van der Waals surface area contributed by atoms with Crippen LogP contribution in [-0.4, -0.2) is 82.1 Å². The van der Waals surface area contributed by atoms with Gasteiger partial charge in [0.05, 0.1) is 24.7 Å². The lowest BCUT2D eigenvalue weighted by Crippen LogP contribution is -2.58. The summed E-state index contributed by atoms with van der Waals surface area (Å²) < 4.78 is 33.4. The van der Waals surface area contributed by atoms with Crippen LogP contribution < -0.4 is 10.5 Å². The van der Waals surface area contributed by atoms with Gasteiger partial charge in [-0.15, -0.1) is 5.10 Å². The largest absolute Gasteiger partial charge is 0.467 e. The van der Waals surface area contributed by atoms with Crippen molar-refractivity contribution in [1.29, 1.82) is 0 Å². The molecule has 0 saturated carbocycles. The Morgan fingerprint density at radius 2 is 1.84 bits per heavy atom.